The van der Waals surface area contributed by atoms with Gasteiger partial charge in [-0.25, -0.2) is 0 Å². The van der Waals surface area contributed by atoms with E-state index in [4.69, 9.17) is 0 Å². The van der Waals surface area contributed by atoms with Gasteiger partial charge in [0.15, 0.2) is 0 Å². The lowest BCUT2D eigenvalue weighted by atomic mass is 10.0. The third kappa shape index (κ3) is 15.2. The SMILES string of the molecule is CC.CC(=O)C(C)C.CCC(C)CCCCN1CCN(c2ccc(C)cc2[N+](=O)[O-])CC1.Cc1ccccc1C. The summed E-state index contributed by atoms with van der Waals surface area (Å²) in [6, 6.07) is 13.9. The molecule has 1 saturated heterocycles. The number of hydrogen-bond acceptors (Lipinski definition) is 5. The highest BCUT2D eigenvalue weighted by atomic mass is 16.6. The summed E-state index contributed by atoms with van der Waals surface area (Å²) in [7, 11) is 0. The lowest BCUT2D eigenvalue weighted by Gasteiger charge is -2.35. The van der Waals surface area contributed by atoms with Crippen molar-refractivity contribution in [3.05, 3.63) is 69.3 Å². The number of carbonyl (C=O) groups is 1. The van der Waals surface area contributed by atoms with Gasteiger partial charge in [0.05, 0.1) is 4.92 Å². The molecule has 226 valence electrons. The minimum absolute atomic E-state index is 0.213. The number of nitro groups is 1. The monoisotopic (exact) mass is 555 g/mol. The molecule has 0 amide bonds. The highest BCUT2D eigenvalue weighted by molar-refractivity contribution is 5.77. The summed E-state index contributed by atoms with van der Waals surface area (Å²) in [6.07, 6.45) is 5.16. The van der Waals surface area contributed by atoms with Crippen LogP contribution in [0.5, 0.6) is 0 Å². The predicted molar refractivity (Wildman–Crippen MR) is 173 cm³/mol. The van der Waals surface area contributed by atoms with Gasteiger partial charge in [0.2, 0.25) is 0 Å². The van der Waals surface area contributed by atoms with Gasteiger partial charge in [-0.05, 0) is 69.3 Å². The standard InChI is InChI=1S/C19H31N3O2.C8H10.C5H10O.C2H6/c1-4-16(2)7-5-6-10-20-11-13-21(14-12-20)18-9-8-17(3)15-19(18)22(23)24;1-7-5-3-4-6-8(7)2;1-4(2)5(3)6;1-2/h8-9,15-16H,4-7,10-14H2,1-3H3;3-6H,1-2H3;4H,1-3H3;1-2H3. The topological polar surface area (TPSA) is 66.7 Å². The van der Waals surface area contributed by atoms with Crippen molar-refractivity contribution in [1.29, 1.82) is 0 Å². The Kier molecular flexibility index (Phi) is 19.6. The van der Waals surface area contributed by atoms with Crippen molar-refractivity contribution in [3.63, 3.8) is 0 Å². The number of anilines is 1. The predicted octanol–water partition coefficient (Wildman–Crippen LogP) is 8.80. The molecule has 0 spiro atoms. The molecule has 1 heterocycles. The molecule has 1 fully saturated rings. The Hall–Kier alpha value is -2.73. The van der Waals surface area contributed by atoms with Crippen LogP contribution in [0.3, 0.4) is 0 Å². The normalized spacial score (nSPS) is 13.6. The van der Waals surface area contributed by atoms with Gasteiger partial charge < -0.3 is 4.90 Å². The maximum Gasteiger partial charge on any atom is 0.292 e. The summed E-state index contributed by atoms with van der Waals surface area (Å²) >= 11 is 0. The van der Waals surface area contributed by atoms with Gasteiger partial charge in [-0.2, -0.15) is 0 Å². The van der Waals surface area contributed by atoms with Gasteiger partial charge in [-0.3, -0.25) is 19.8 Å². The van der Waals surface area contributed by atoms with Gasteiger partial charge in [0, 0.05) is 38.2 Å². The lowest BCUT2D eigenvalue weighted by molar-refractivity contribution is -0.384. The molecule has 2 aromatic carbocycles. The number of carbonyl (C=O) groups excluding carboxylic acids is 1. The molecule has 1 aliphatic rings. The van der Waals surface area contributed by atoms with E-state index in [1.165, 1.54) is 36.8 Å². The maximum absolute atomic E-state index is 11.3. The number of benzene rings is 2. The zero-order valence-corrected chi connectivity index (χ0v) is 27.1. The fourth-order valence-electron chi connectivity index (χ4n) is 3.95. The summed E-state index contributed by atoms with van der Waals surface area (Å²) in [4.78, 5) is 25.8. The zero-order valence-electron chi connectivity index (χ0n) is 27.1. The second-order valence-electron chi connectivity index (χ2n) is 10.9. The number of nitrogens with zero attached hydrogens (tertiary/aromatic N) is 3. The quantitative estimate of drug-likeness (QED) is 0.176. The second-order valence-corrected chi connectivity index (χ2v) is 10.9. The summed E-state index contributed by atoms with van der Waals surface area (Å²) < 4.78 is 0. The first-order chi connectivity index (χ1) is 19.0. The molecule has 0 radical (unpaired) electrons. The fourth-order valence-corrected chi connectivity index (χ4v) is 3.95. The molecular formula is C34H57N3O3. The molecule has 3 rings (SSSR count). The van der Waals surface area contributed by atoms with Gasteiger partial charge in [0.25, 0.3) is 5.69 Å². The van der Waals surface area contributed by atoms with E-state index in [0.29, 0.717) is 0 Å². The van der Waals surface area contributed by atoms with Crippen LogP contribution in [-0.2, 0) is 4.79 Å². The van der Waals surface area contributed by atoms with E-state index in [-0.39, 0.29) is 22.3 Å². The van der Waals surface area contributed by atoms with Gasteiger partial charge in [-0.1, -0.05) is 91.1 Å². The van der Waals surface area contributed by atoms with E-state index in [9.17, 15) is 14.9 Å². The van der Waals surface area contributed by atoms with Crippen molar-refractivity contribution in [3.8, 4) is 0 Å². The van der Waals surface area contributed by atoms with E-state index in [2.05, 4.69) is 61.8 Å². The Labute approximate surface area is 245 Å². The molecule has 40 heavy (non-hydrogen) atoms. The Morgan fingerprint density at radius 2 is 1.45 bits per heavy atom. The van der Waals surface area contributed by atoms with Crippen LogP contribution in [0.2, 0.25) is 0 Å². The third-order valence-corrected chi connectivity index (χ3v) is 7.40. The summed E-state index contributed by atoms with van der Waals surface area (Å²) in [5, 5.41) is 11.3. The summed E-state index contributed by atoms with van der Waals surface area (Å²) in [6.45, 7) is 25.0. The summed E-state index contributed by atoms with van der Waals surface area (Å²) in [5.41, 5.74) is 4.67. The van der Waals surface area contributed by atoms with Crippen LogP contribution in [0.25, 0.3) is 0 Å². The van der Waals surface area contributed by atoms with Crippen LogP contribution in [0.4, 0.5) is 11.4 Å². The average Bonchev–Trinajstić information content (AvgIpc) is 2.94. The molecule has 1 unspecified atom stereocenters. The third-order valence-electron chi connectivity index (χ3n) is 7.40. The van der Waals surface area contributed by atoms with Gasteiger partial charge >= 0.3 is 0 Å². The molecule has 0 aromatic heterocycles. The first-order valence-electron chi connectivity index (χ1n) is 15.2. The fraction of sp³-hybridized carbons (Fsp3) is 0.618. The van der Waals surface area contributed by atoms with Crippen molar-refractivity contribution >= 4 is 17.2 Å². The number of nitro benzene ring substituents is 1. The van der Waals surface area contributed by atoms with Crippen molar-refractivity contribution in [1.82, 2.24) is 4.90 Å². The van der Waals surface area contributed by atoms with Gasteiger partial charge in [-0.15, -0.1) is 0 Å². The van der Waals surface area contributed by atoms with Crippen LogP contribution in [0.1, 0.15) is 90.8 Å². The molecule has 0 N–H and O–H groups in total. The number of ketones is 1. The number of aryl methyl sites for hydroxylation is 3. The van der Waals surface area contributed by atoms with E-state index < -0.39 is 0 Å². The van der Waals surface area contributed by atoms with Crippen LogP contribution in [-0.4, -0.2) is 48.3 Å². The van der Waals surface area contributed by atoms with Crippen LogP contribution in [0.15, 0.2) is 42.5 Å². The number of Topliss-reactive ketones (excluding diaryl/α,β-unsaturated/α-hetero) is 1. The molecule has 0 saturated carbocycles. The highest BCUT2D eigenvalue weighted by Crippen LogP contribution is 2.30. The Balaban J connectivity index is 0.000000774. The van der Waals surface area contributed by atoms with Gasteiger partial charge in [0.1, 0.15) is 11.5 Å². The minimum Gasteiger partial charge on any atom is -0.363 e. The Bertz CT molecular complexity index is 961. The number of piperazine rings is 1. The number of hydrogen-bond donors (Lipinski definition) is 0. The lowest BCUT2D eigenvalue weighted by Crippen LogP contribution is -2.46. The number of unbranched alkanes of at least 4 members (excludes halogenated alkanes) is 1. The average molecular weight is 556 g/mol. The van der Waals surface area contributed by atoms with Crippen molar-refractivity contribution < 1.29 is 9.72 Å². The van der Waals surface area contributed by atoms with E-state index in [1.807, 2.05) is 46.8 Å². The van der Waals surface area contributed by atoms with Crippen molar-refractivity contribution in [2.45, 2.75) is 94.9 Å². The minimum atomic E-state index is -0.260. The molecule has 2 aromatic rings. The van der Waals surface area contributed by atoms with E-state index >= 15 is 0 Å². The van der Waals surface area contributed by atoms with E-state index in [0.717, 1.165) is 49.9 Å². The van der Waals surface area contributed by atoms with Crippen molar-refractivity contribution in [2.24, 2.45) is 11.8 Å². The first kappa shape index (κ1) is 37.3. The molecule has 6 heteroatoms. The Morgan fingerprint density at radius 3 is 1.88 bits per heavy atom. The first-order valence-corrected chi connectivity index (χ1v) is 15.2. The van der Waals surface area contributed by atoms with Crippen molar-refractivity contribution in [2.75, 3.05) is 37.6 Å². The molecule has 1 atom stereocenters. The second kappa shape index (κ2) is 21.1. The highest BCUT2D eigenvalue weighted by Gasteiger charge is 2.23. The smallest absolute Gasteiger partial charge is 0.292 e. The van der Waals surface area contributed by atoms with E-state index in [1.54, 1.807) is 13.0 Å². The van der Waals surface area contributed by atoms with Crippen LogP contribution < -0.4 is 4.90 Å². The molecule has 6 nitrogen and oxygen atoms in total. The zero-order chi connectivity index (χ0) is 30.7. The molecule has 1 aliphatic heterocycles. The Morgan fingerprint density at radius 1 is 0.925 bits per heavy atom. The number of rotatable bonds is 9. The maximum atomic E-state index is 11.3. The molecular weight excluding hydrogens is 498 g/mol. The summed E-state index contributed by atoms with van der Waals surface area (Å²) in [5.74, 6) is 1.31. The van der Waals surface area contributed by atoms with Crippen LogP contribution >= 0.6 is 0 Å². The largest absolute Gasteiger partial charge is 0.363 e. The molecule has 0 aliphatic carbocycles. The molecule has 0 bridgehead atoms. The van der Waals surface area contributed by atoms with Crippen LogP contribution in [0, 0.1) is 42.7 Å².